The third-order valence-electron chi connectivity index (χ3n) is 2.49. The van der Waals surface area contributed by atoms with Gasteiger partial charge >= 0.3 is 6.09 Å². The van der Waals surface area contributed by atoms with E-state index in [1.807, 2.05) is 6.07 Å². The SMILES string of the molecule is COC(=O)NC1=NCC(c2ccc(Cl)cc2Cl)N1. The molecule has 96 valence electrons. The Morgan fingerprint density at radius 3 is 3.00 bits per heavy atom. The molecule has 0 aliphatic carbocycles. The highest BCUT2D eigenvalue weighted by atomic mass is 35.5. The molecule has 0 radical (unpaired) electrons. The Morgan fingerprint density at radius 2 is 2.33 bits per heavy atom. The summed E-state index contributed by atoms with van der Waals surface area (Å²) in [5, 5.41) is 6.65. The van der Waals surface area contributed by atoms with Crippen LogP contribution in [0.3, 0.4) is 0 Å². The number of amides is 1. The zero-order valence-electron chi connectivity index (χ0n) is 9.54. The molecule has 7 heteroatoms. The average Bonchev–Trinajstić information content (AvgIpc) is 2.77. The monoisotopic (exact) mass is 287 g/mol. The first-order valence-corrected chi connectivity index (χ1v) is 5.96. The fourth-order valence-corrected chi connectivity index (χ4v) is 2.16. The minimum absolute atomic E-state index is 0.0816. The summed E-state index contributed by atoms with van der Waals surface area (Å²) < 4.78 is 4.48. The molecular weight excluding hydrogens is 277 g/mol. The zero-order valence-corrected chi connectivity index (χ0v) is 11.0. The Labute approximate surface area is 114 Å². The fraction of sp³-hybridized carbons (Fsp3) is 0.273. The van der Waals surface area contributed by atoms with E-state index in [0.29, 0.717) is 22.5 Å². The van der Waals surface area contributed by atoms with E-state index < -0.39 is 6.09 Å². The molecule has 1 atom stereocenters. The van der Waals surface area contributed by atoms with E-state index in [9.17, 15) is 4.79 Å². The number of ether oxygens (including phenoxy) is 1. The standard InChI is InChI=1S/C11H11Cl2N3O2/c1-18-11(17)16-10-14-5-9(15-10)7-3-2-6(12)4-8(7)13/h2-4,9H,5H2,1H3,(H2,14,15,16,17). The smallest absolute Gasteiger partial charge is 0.413 e. The highest BCUT2D eigenvalue weighted by molar-refractivity contribution is 6.35. The molecule has 5 nitrogen and oxygen atoms in total. The van der Waals surface area contributed by atoms with Crippen molar-refractivity contribution in [1.82, 2.24) is 10.6 Å². The van der Waals surface area contributed by atoms with Crippen LogP contribution in [0.5, 0.6) is 0 Å². The van der Waals surface area contributed by atoms with E-state index in [2.05, 4.69) is 20.4 Å². The summed E-state index contributed by atoms with van der Waals surface area (Å²) in [6.45, 7) is 0.487. The number of aliphatic imine (C=N–C) groups is 1. The lowest BCUT2D eigenvalue weighted by molar-refractivity contribution is 0.176. The molecule has 18 heavy (non-hydrogen) atoms. The van der Waals surface area contributed by atoms with Gasteiger partial charge in [-0.15, -0.1) is 0 Å². The van der Waals surface area contributed by atoms with Gasteiger partial charge in [0.1, 0.15) is 0 Å². The Morgan fingerprint density at radius 1 is 1.56 bits per heavy atom. The number of halogens is 2. The van der Waals surface area contributed by atoms with Crippen molar-refractivity contribution in [3.05, 3.63) is 33.8 Å². The van der Waals surface area contributed by atoms with E-state index in [1.54, 1.807) is 12.1 Å². The summed E-state index contributed by atoms with van der Waals surface area (Å²) in [5.74, 6) is 0.373. The van der Waals surface area contributed by atoms with Crippen molar-refractivity contribution in [2.24, 2.45) is 4.99 Å². The Hall–Kier alpha value is -1.46. The van der Waals surface area contributed by atoms with Crippen molar-refractivity contribution in [3.63, 3.8) is 0 Å². The van der Waals surface area contributed by atoms with Gasteiger partial charge in [0.15, 0.2) is 0 Å². The van der Waals surface area contributed by atoms with Crippen LogP contribution in [0.15, 0.2) is 23.2 Å². The van der Waals surface area contributed by atoms with Crippen molar-refractivity contribution in [1.29, 1.82) is 0 Å². The number of rotatable bonds is 1. The maximum absolute atomic E-state index is 11.0. The molecule has 0 bridgehead atoms. The highest BCUT2D eigenvalue weighted by Crippen LogP contribution is 2.27. The van der Waals surface area contributed by atoms with Crippen LogP contribution < -0.4 is 10.6 Å². The first-order valence-electron chi connectivity index (χ1n) is 5.21. The molecule has 0 saturated carbocycles. The Bertz CT molecular complexity index is 505. The second-order valence-corrected chi connectivity index (χ2v) is 4.51. The van der Waals surface area contributed by atoms with Crippen LogP contribution in [-0.4, -0.2) is 25.7 Å². The maximum atomic E-state index is 11.0. The van der Waals surface area contributed by atoms with Crippen LogP contribution in [0, 0.1) is 0 Å². The maximum Gasteiger partial charge on any atom is 0.413 e. The van der Waals surface area contributed by atoms with Gasteiger partial charge in [-0.3, -0.25) is 10.3 Å². The topological polar surface area (TPSA) is 62.7 Å². The predicted octanol–water partition coefficient (Wildman–Crippen LogP) is 2.35. The van der Waals surface area contributed by atoms with Crippen molar-refractivity contribution < 1.29 is 9.53 Å². The second-order valence-electron chi connectivity index (χ2n) is 3.67. The van der Waals surface area contributed by atoms with Crippen LogP contribution >= 0.6 is 23.2 Å². The molecule has 1 heterocycles. The summed E-state index contributed by atoms with van der Waals surface area (Å²) in [6.07, 6.45) is -0.566. The first-order chi connectivity index (χ1) is 8.60. The molecule has 0 spiro atoms. The van der Waals surface area contributed by atoms with Crippen LogP contribution in [-0.2, 0) is 4.74 Å². The molecule has 1 amide bonds. The molecule has 0 saturated heterocycles. The van der Waals surface area contributed by atoms with Crippen molar-refractivity contribution in [3.8, 4) is 0 Å². The normalized spacial score (nSPS) is 17.9. The van der Waals surface area contributed by atoms with Crippen molar-refractivity contribution in [2.75, 3.05) is 13.7 Å². The lowest BCUT2D eigenvalue weighted by atomic mass is 10.1. The third kappa shape index (κ3) is 2.86. The summed E-state index contributed by atoms with van der Waals surface area (Å²) in [7, 11) is 1.29. The van der Waals surface area contributed by atoms with Gasteiger partial charge in [0.25, 0.3) is 0 Å². The van der Waals surface area contributed by atoms with Crippen molar-refractivity contribution in [2.45, 2.75) is 6.04 Å². The number of benzene rings is 1. The van der Waals surface area contributed by atoms with E-state index in [0.717, 1.165) is 5.56 Å². The summed E-state index contributed by atoms with van der Waals surface area (Å²) in [6, 6.07) is 5.18. The number of hydrogen-bond acceptors (Lipinski definition) is 4. The molecule has 2 rings (SSSR count). The number of nitrogens with zero attached hydrogens (tertiary/aromatic N) is 1. The number of guanidine groups is 1. The molecule has 1 unspecified atom stereocenters. The summed E-state index contributed by atoms with van der Waals surface area (Å²) >= 11 is 11.9. The number of methoxy groups -OCH3 is 1. The van der Waals surface area contributed by atoms with E-state index >= 15 is 0 Å². The molecule has 0 aromatic heterocycles. The third-order valence-corrected chi connectivity index (χ3v) is 3.05. The van der Waals surface area contributed by atoms with Crippen LogP contribution in [0.4, 0.5) is 4.79 Å². The van der Waals surface area contributed by atoms with E-state index in [4.69, 9.17) is 23.2 Å². The van der Waals surface area contributed by atoms with Crippen LogP contribution in [0.1, 0.15) is 11.6 Å². The minimum Gasteiger partial charge on any atom is -0.453 e. The number of alkyl carbamates (subject to hydrolysis) is 1. The predicted molar refractivity (Wildman–Crippen MR) is 70.2 cm³/mol. The van der Waals surface area contributed by atoms with Gasteiger partial charge in [0.2, 0.25) is 5.96 Å². The van der Waals surface area contributed by atoms with Gasteiger partial charge in [0.05, 0.1) is 19.7 Å². The lowest BCUT2D eigenvalue weighted by Gasteiger charge is -2.14. The number of nitrogens with one attached hydrogen (secondary N) is 2. The van der Waals surface area contributed by atoms with Gasteiger partial charge in [-0.25, -0.2) is 4.79 Å². The summed E-state index contributed by atoms with van der Waals surface area (Å²) in [5.41, 5.74) is 0.881. The zero-order chi connectivity index (χ0) is 13.1. The van der Waals surface area contributed by atoms with Gasteiger partial charge in [-0.05, 0) is 17.7 Å². The first kappa shape index (κ1) is 13.0. The molecular formula is C11H11Cl2N3O2. The Balaban J connectivity index is 2.04. The number of carbonyl (C=O) groups excluding carboxylic acids is 1. The number of carbonyl (C=O) groups is 1. The van der Waals surface area contributed by atoms with Crippen LogP contribution in [0.2, 0.25) is 10.0 Å². The summed E-state index contributed by atoms with van der Waals surface area (Å²) in [4.78, 5) is 15.2. The van der Waals surface area contributed by atoms with Crippen molar-refractivity contribution >= 4 is 35.3 Å². The van der Waals surface area contributed by atoms with Gasteiger partial charge < -0.3 is 10.1 Å². The minimum atomic E-state index is -0.566. The largest absolute Gasteiger partial charge is 0.453 e. The second kappa shape index (κ2) is 5.46. The molecule has 1 aliphatic rings. The molecule has 1 aliphatic heterocycles. The quantitative estimate of drug-likeness (QED) is 0.833. The Kier molecular flexibility index (Phi) is 3.93. The molecule has 0 fully saturated rings. The van der Waals surface area contributed by atoms with Crippen LogP contribution in [0.25, 0.3) is 0 Å². The lowest BCUT2D eigenvalue weighted by Crippen LogP contribution is -2.39. The molecule has 1 aromatic rings. The van der Waals surface area contributed by atoms with Gasteiger partial charge in [0, 0.05) is 10.0 Å². The van der Waals surface area contributed by atoms with E-state index in [-0.39, 0.29) is 6.04 Å². The van der Waals surface area contributed by atoms with Gasteiger partial charge in [-0.2, -0.15) is 0 Å². The number of hydrogen-bond donors (Lipinski definition) is 2. The van der Waals surface area contributed by atoms with Gasteiger partial charge in [-0.1, -0.05) is 29.3 Å². The highest BCUT2D eigenvalue weighted by Gasteiger charge is 2.22. The fourth-order valence-electron chi connectivity index (χ4n) is 1.62. The molecule has 1 aromatic carbocycles. The van der Waals surface area contributed by atoms with E-state index in [1.165, 1.54) is 7.11 Å². The molecule has 2 N–H and O–H groups in total. The average molecular weight is 288 g/mol.